The first-order chi connectivity index (χ1) is 15.9. The van der Waals surface area contributed by atoms with Gasteiger partial charge in [0.05, 0.1) is 22.9 Å². The summed E-state index contributed by atoms with van der Waals surface area (Å²) in [5, 5.41) is 14.0. The molecule has 0 spiro atoms. The number of anilines is 2. The molecular formula is C24H20ClN3O4S. The van der Waals surface area contributed by atoms with Crippen molar-refractivity contribution in [2.24, 2.45) is 0 Å². The van der Waals surface area contributed by atoms with Crippen LogP contribution in [0.2, 0.25) is 5.02 Å². The second-order valence-corrected chi connectivity index (χ2v) is 8.33. The zero-order chi connectivity index (χ0) is 23.8. The maximum atomic E-state index is 12.8. The SMILES string of the molecule is Cc1cc(N(CCC#N)C(=O)COC(=O)c2cccc(NC(=O)c3cccs3)c2)ccc1Cl. The fourth-order valence-electron chi connectivity index (χ4n) is 2.97. The van der Waals surface area contributed by atoms with Crippen LogP contribution < -0.4 is 10.2 Å². The van der Waals surface area contributed by atoms with Crippen LogP contribution in [-0.2, 0) is 9.53 Å². The van der Waals surface area contributed by atoms with Crippen molar-refractivity contribution in [2.75, 3.05) is 23.4 Å². The van der Waals surface area contributed by atoms with Crippen LogP contribution in [0.15, 0.2) is 60.0 Å². The molecule has 1 heterocycles. The summed E-state index contributed by atoms with van der Waals surface area (Å²) in [6, 6.07) is 16.8. The Balaban J connectivity index is 1.65. The van der Waals surface area contributed by atoms with Crippen molar-refractivity contribution in [3.8, 4) is 6.07 Å². The molecule has 9 heteroatoms. The monoisotopic (exact) mass is 481 g/mol. The number of amides is 2. The lowest BCUT2D eigenvalue weighted by molar-refractivity contribution is -0.121. The maximum absolute atomic E-state index is 12.8. The molecule has 0 unspecified atom stereocenters. The summed E-state index contributed by atoms with van der Waals surface area (Å²) in [5.74, 6) is -1.46. The standard InChI is InChI=1S/C24H20ClN3O4S/c1-16-13-19(8-9-20(16)25)28(11-4-10-26)22(29)15-32-24(31)17-5-2-6-18(14-17)27-23(30)21-7-3-12-33-21/h2-3,5-9,12-14H,4,11,15H2,1H3,(H,27,30). The van der Waals surface area contributed by atoms with Gasteiger partial charge in [-0.2, -0.15) is 5.26 Å². The largest absolute Gasteiger partial charge is 0.452 e. The van der Waals surface area contributed by atoms with Crippen LogP contribution in [0.1, 0.15) is 32.0 Å². The number of ether oxygens (including phenoxy) is 1. The van der Waals surface area contributed by atoms with Crippen molar-refractivity contribution in [1.29, 1.82) is 5.26 Å². The van der Waals surface area contributed by atoms with Crippen LogP contribution in [0.25, 0.3) is 0 Å². The number of aryl methyl sites for hydroxylation is 1. The van der Waals surface area contributed by atoms with Gasteiger partial charge in [0.1, 0.15) is 0 Å². The van der Waals surface area contributed by atoms with Crippen LogP contribution in [0.5, 0.6) is 0 Å². The van der Waals surface area contributed by atoms with E-state index >= 15 is 0 Å². The lowest BCUT2D eigenvalue weighted by Crippen LogP contribution is -2.35. The Hall–Kier alpha value is -3.67. The van der Waals surface area contributed by atoms with Crippen LogP contribution in [-0.4, -0.2) is 30.9 Å². The number of carbonyl (C=O) groups is 3. The number of rotatable bonds is 8. The average Bonchev–Trinajstić information content (AvgIpc) is 3.35. The van der Waals surface area contributed by atoms with Gasteiger partial charge in [0, 0.05) is 22.9 Å². The molecule has 2 aromatic carbocycles. The van der Waals surface area contributed by atoms with E-state index in [9.17, 15) is 14.4 Å². The van der Waals surface area contributed by atoms with Crippen LogP contribution >= 0.6 is 22.9 Å². The Morgan fingerprint density at radius 2 is 1.97 bits per heavy atom. The molecule has 0 aliphatic carbocycles. The highest BCUT2D eigenvalue weighted by molar-refractivity contribution is 7.12. The lowest BCUT2D eigenvalue weighted by Gasteiger charge is -2.22. The van der Waals surface area contributed by atoms with Crippen LogP contribution in [0, 0.1) is 18.3 Å². The molecule has 0 fully saturated rings. The first-order valence-electron chi connectivity index (χ1n) is 9.94. The Kier molecular flexibility index (Phi) is 8.19. The van der Waals surface area contributed by atoms with Crippen molar-refractivity contribution in [3.05, 3.63) is 81.0 Å². The summed E-state index contributed by atoms with van der Waals surface area (Å²) in [5.41, 5.74) is 1.97. The highest BCUT2D eigenvalue weighted by Gasteiger charge is 2.19. The molecule has 1 aromatic heterocycles. The summed E-state index contributed by atoms with van der Waals surface area (Å²) in [4.78, 5) is 39.4. The molecule has 0 aliphatic heterocycles. The van der Waals surface area contributed by atoms with Gasteiger partial charge in [0.25, 0.3) is 11.8 Å². The topological polar surface area (TPSA) is 99.5 Å². The van der Waals surface area contributed by atoms with Crippen LogP contribution in [0.3, 0.4) is 0 Å². The van der Waals surface area contributed by atoms with E-state index in [0.717, 1.165) is 5.56 Å². The van der Waals surface area contributed by atoms with Gasteiger partial charge in [-0.15, -0.1) is 11.3 Å². The minimum Gasteiger partial charge on any atom is -0.452 e. The predicted molar refractivity (Wildman–Crippen MR) is 128 cm³/mol. The highest BCUT2D eigenvalue weighted by Crippen LogP contribution is 2.23. The van der Waals surface area contributed by atoms with Gasteiger partial charge in [-0.25, -0.2) is 4.79 Å². The normalized spacial score (nSPS) is 10.2. The Morgan fingerprint density at radius 1 is 1.15 bits per heavy atom. The summed E-state index contributed by atoms with van der Waals surface area (Å²) < 4.78 is 5.21. The zero-order valence-electron chi connectivity index (χ0n) is 17.7. The highest BCUT2D eigenvalue weighted by atomic mass is 35.5. The zero-order valence-corrected chi connectivity index (χ0v) is 19.3. The van der Waals surface area contributed by atoms with Crippen molar-refractivity contribution in [1.82, 2.24) is 0 Å². The van der Waals surface area contributed by atoms with Crippen molar-refractivity contribution in [2.45, 2.75) is 13.3 Å². The fraction of sp³-hybridized carbons (Fsp3) is 0.167. The molecule has 168 valence electrons. The fourth-order valence-corrected chi connectivity index (χ4v) is 3.71. The van der Waals surface area contributed by atoms with Crippen molar-refractivity contribution >= 4 is 52.1 Å². The van der Waals surface area contributed by atoms with Crippen molar-refractivity contribution in [3.63, 3.8) is 0 Å². The van der Waals surface area contributed by atoms with E-state index in [-0.39, 0.29) is 24.4 Å². The molecular weight excluding hydrogens is 462 g/mol. The minimum atomic E-state index is -0.705. The summed E-state index contributed by atoms with van der Waals surface area (Å²) >= 11 is 7.37. The smallest absolute Gasteiger partial charge is 0.338 e. The maximum Gasteiger partial charge on any atom is 0.338 e. The van der Waals surface area contributed by atoms with Gasteiger partial charge in [0.2, 0.25) is 0 Å². The molecule has 0 aliphatic rings. The van der Waals surface area contributed by atoms with Gasteiger partial charge in [0.15, 0.2) is 6.61 Å². The Labute approximate surface area is 200 Å². The second-order valence-electron chi connectivity index (χ2n) is 6.98. The van der Waals surface area contributed by atoms with E-state index in [4.69, 9.17) is 21.6 Å². The molecule has 7 nitrogen and oxygen atoms in total. The number of nitriles is 1. The number of carbonyl (C=O) groups excluding carboxylic acids is 3. The molecule has 33 heavy (non-hydrogen) atoms. The number of thiophene rings is 1. The first-order valence-corrected chi connectivity index (χ1v) is 11.2. The van der Waals surface area contributed by atoms with Crippen LogP contribution in [0.4, 0.5) is 11.4 Å². The molecule has 0 saturated heterocycles. The van der Waals surface area contributed by atoms with E-state index in [1.807, 2.05) is 13.0 Å². The van der Waals surface area contributed by atoms with E-state index in [2.05, 4.69) is 5.32 Å². The quantitative estimate of drug-likeness (QED) is 0.453. The minimum absolute atomic E-state index is 0.118. The Bertz CT molecular complexity index is 1200. The molecule has 0 atom stereocenters. The predicted octanol–water partition coefficient (Wildman–Crippen LogP) is 5.07. The number of halogens is 1. The number of nitrogens with zero attached hydrogens (tertiary/aromatic N) is 2. The molecule has 3 aromatic rings. The second kappa shape index (κ2) is 11.3. The van der Waals surface area contributed by atoms with Gasteiger partial charge >= 0.3 is 5.97 Å². The number of nitrogens with one attached hydrogen (secondary N) is 1. The summed E-state index contributed by atoms with van der Waals surface area (Å²) in [6.45, 7) is 1.46. The third kappa shape index (κ3) is 6.42. The van der Waals surface area contributed by atoms with E-state index < -0.39 is 18.5 Å². The molecule has 2 amide bonds. The van der Waals surface area contributed by atoms with E-state index in [0.29, 0.717) is 21.3 Å². The number of hydrogen-bond acceptors (Lipinski definition) is 6. The molecule has 0 saturated carbocycles. The third-order valence-corrected chi connectivity index (χ3v) is 5.92. The van der Waals surface area contributed by atoms with Gasteiger partial charge < -0.3 is 15.0 Å². The number of hydrogen-bond donors (Lipinski definition) is 1. The Morgan fingerprint density at radius 3 is 2.67 bits per heavy atom. The number of esters is 1. The summed E-state index contributed by atoms with van der Waals surface area (Å²) in [7, 11) is 0. The van der Waals surface area contributed by atoms with Gasteiger partial charge in [-0.05, 0) is 60.3 Å². The first kappa shape index (κ1) is 24.0. The molecule has 1 N–H and O–H groups in total. The molecule has 0 bridgehead atoms. The van der Waals surface area contributed by atoms with Gasteiger partial charge in [-0.1, -0.05) is 23.7 Å². The van der Waals surface area contributed by atoms with Gasteiger partial charge in [-0.3, -0.25) is 9.59 Å². The average molecular weight is 482 g/mol. The summed E-state index contributed by atoms with van der Waals surface area (Å²) in [6.07, 6.45) is 0.118. The van der Waals surface area contributed by atoms with E-state index in [1.165, 1.54) is 28.4 Å². The number of benzene rings is 2. The molecule has 3 rings (SSSR count). The lowest BCUT2D eigenvalue weighted by atomic mass is 10.2. The third-order valence-electron chi connectivity index (χ3n) is 4.63. The van der Waals surface area contributed by atoms with E-state index in [1.54, 1.807) is 47.8 Å². The van der Waals surface area contributed by atoms with Crippen molar-refractivity contribution < 1.29 is 19.1 Å². The molecule has 0 radical (unpaired) electrons.